The summed E-state index contributed by atoms with van der Waals surface area (Å²) in [6.07, 6.45) is 4.68. The zero-order valence-electron chi connectivity index (χ0n) is 21.9. The van der Waals surface area contributed by atoms with Gasteiger partial charge in [0.1, 0.15) is 11.3 Å². The molecule has 2 atom stereocenters. The third-order valence-corrected chi connectivity index (χ3v) is 6.74. The topological polar surface area (TPSA) is 129 Å². The van der Waals surface area contributed by atoms with E-state index in [1.807, 2.05) is 26.8 Å². The van der Waals surface area contributed by atoms with Crippen LogP contribution in [0.5, 0.6) is 0 Å². The summed E-state index contributed by atoms with van der Waals surface area (Å²) in [7, 11) is 0. The number of alkyl carbamates (subject to hydrolysis) is 1. The van der Waals surface area contributed by atoms with Crippen molar-refractivity contribution in [3.63, 3.8) is 0 Å². The molecular weight excluding hydrogens is 504 g/mol. The molecule has 1 saturated carbocycles. The standard InChI is InChI=1S/C28H29F2N7O2/c1-28(2,3)39-27(38)36-21-7-5-4-6-20(21)35-26-34-14-19-23(37-26)18(13-33-24(19)25(29)30)17-12-32-22-10-15(11-31)8-9-16(17)22/h8-10,12-14,20-21,25,32H,4-7H2,1-3H3,(H,36,38)(H,34,35,37)/t20-,21+/m1/s1. The number of hydrogen-bond donors (Lipinski definition) is 3. The SMILES string of the molecule is CC(C)(C)OC(=O)N[C@H]1CCCC[C@H]1Nc1ncc2c(C(F)F)ncc(-c3c[nH]c4cc(C#N)ccc34)c2n1. The van der Waals surface area contributed by atoms with Crippen LogP contribution in [0.25, 0.3) is 32.9 Å². The van der Waals surface area contributed by atoms with E-state index in [9.17, 15) is 18.8 Å². The fraction of sp³-hybridized carbons (Fsp3) is 0.393. The largest absolute Gasteiger partial charge is 0.444 e. The van der Waals surface area contributed by atoms with E-state index in [4.69, 9.17) is 4.74 Å². The number of aromatic nitrogens is 4. The molecule has 39 heavy (non-hydrogen) atoms. The van der Waals surface area contributed by atoms with E-state index in [0.29, 0.717) is 16.6 Å². The van der Waals surface area contributed by atoms with Crippen molar-refractivity contribution in [2.45, 2.75) is 70.6 Å². The Morgan fingerprint density at radius 3 is 2.62 bits per heavy atom. The van der Waals surface area contributed by atoms with Crippen molar-refractivity contribution in [1.82, 2.24) is 25.3 Å². The number of pyridine rings is 1. The van der Waals surface area contributed by atoms with Crippen molar-refractivity contribution in [3.8, 4) is 17.2 Å². The molecule has 3 heterocycles. The van der Waals surface area contributed by atoms with E-state index in [1.165, 1.54) is 12.4 Å². The third kappa shape index (κ3) is 5.60. The molecule has 0 aliphatic heterocycles. The number of nitrogens with zero attached hydrogens (tertiary/aromatic N) is 4. The first-order valence-electron chi connectivity index (χ1n) is 12.8. The number of nitrogens with one attached hydrogen (secondary N) is 3. The number of carbonyl (C=O) groups excluding carboxylic acids is 1. The number of carbonyl (C=O) groups is 1. The fourth-order valence-electron chi connectivity index (χ4n) is 5.00. The van der Waals surface area contributed by atoms with Crippen molar-refractivity contribution in [1.29, 1.82) is 5.26 Å². The first-order valence-corrected chi connectivity index (χ1v) is 12.8. The summed E-state index contributed by atoms with van der Waals surface area (Å²) in [6.45, 7) is 5.42. The number of alkyl halides is 2. The molecule has 3 aromatic heterocycles. The molecule has 0 radical (unpaired) electrons. The molecular formula is C28H29F2N7O2. The number of amides is 1. The lowest BCUT2D eigenvalue weighted by molar-refractivity contribution is 0.0488. The van der Waals surface area contributed by atoms with E-state index in [2.05, 4.69) is 36.6 Å². The predicted octanol–water partition coefficient (Wildman–Crippen LogP) is 6.23. The van der Waals surface area contributed by atoms with Crippen molar-refractivity contribution in [2.75, 3.05) is 5.32 Å². The number of anilines is 1. The second kappa shape index (κ2) is 10.4. The van der Waals surface area contributed by atoms with Crippen LogP contribution >= 0.6 is 0 Å². The van der Waals surface area contributed by atoms with Crippen molar-refractivity contribution in [2.24, 2.45) is 0 Å². The van der Waals surface area contributed by atoms with Gasteiger partial charge in [-0.25, -0.2) is 23.5 Å². The van der Waals surface area contributed by atoms with Gasteiger partial charge in [-0.05, 0) is 45.7 Å². The number of hydrogen-bond acceptors (Lipinski definition) is 7. The Kier molecular flexibility index (Phi) is 7.04. The van der Waals surface area contributed by atoms with Gasteiger partial charge in [-0.1, -0.05) is 18.9 Å². The molecule has 0 saturated heterocycles. The Morgan fingerprint density at radius 1 is 1.13 bits per heavy atom. The van der Waals surface area contributed by atoms with Gasteiger partial charge in [-0.2, -0.15) is 5.26 Å². The van der Waals surface area contributed by atoms with Crippen LogP contribution < -0.4 is 10.6 Å². The highest BCUT2D eigenvalue weighted by molar-refractivity contribution is 6.04. The molecule has 0 unspecified atom stereocenters. The number of fused-ring (bicyclic) bond motifs is 2. The first-order chi connectivity index (χ1) is 18.6. The van der Waals surface area contributed by atoms with Gasteiger partial charge in [0.25, 0.3) is 6.43 Å². The molecule has 1 fully saturated rings. The van der Waals surface area contributed by atoms with Gasteiger partial charge in [0.15, 0.2) is 0 Å². The Bertz CT molecular complexity index is 1570. The Hall–Kier alpha value is -4.33. The highest BCUT2D eigenvalue weighted by Crippen LogP contribution is 2.36. The quantitative estimate of drug-likeness (QED) is 0.277. The summed E-state index contributed by atoms with van der Waals surface area (Å²) in [5, 5.41) is 16.5. The second-order valence-corrected chi connectivity index (χ2v) is 10.7. The van der Waals surface area contributed by atoms with Crippen LogP contribution in [0.2, 0.25) is 0 Å². The molecule has 9 nitrogen and oxygen atoms in total. The number of H-pyrrole nitrogens is 1. The molecule has 5 rings (SSSR count). The van der Waals surface area contributed by atoms with Crippen LogP contribution in [0, 0.1) is 11.3 Å². The van der Waals surface area contributed by atoms with E-state index >= 15 is 0 Å². The number of halogens is 2. The molecule has 1 aromatic carbocycles. The maximum atomic E-state index is 13.8. The Labute approximate surface area is 224 Å². The number of benzene rings is 1. The fourth-order valence-corrected chi connectivity index (χ4v) is 5.00. The Morgan fingerprint density at radius 2 is 1.90 bits per heavy atom. The van der Waals surface area contributed by atoms with Crippen molar-refractivity contribution < 1.29 is 18.3 Å². The molecule has 0 bridgehead atoms. The van der Waals surface area contributed by atoms with Crippen LogP contribution in [0.4, 0.5) is 19.5 Å². The van der Waals surface area contributed by atoms with Crippen LogP contribution in [0.3, 0.4) is 0 Å². The highest BCUT2D eigenvalue weighted by atomic mass is 19.3. The summed E-state index contributed by atoms with van der Waals surface area (Å²) in [6, 6.07) is 6.98. The predicted molar refractivity (Wildman–Crippen MR) is 143 cm³/mol. The van der Waals surface area contributed by atoms with Crippen molar-refractivity contribution >= 4 is 33.8 Å². The van der Waals surface area contributed by atoms with Crippen LogP contribution in [-0.2, 0) is 4.74 Å². The van der Waals surface area contributed by atoms with Crippen molar-refractivity contribution in [3.05, 3.63) is 48.0 Å². The average molecular weight is 534 g/mol. The molecule has 4 aromatic rings. The van der Waals surface area contributed by atoms with Gasteiger partial charge in [0, 0.05) is 52.0 Å². The highest BCUT2D eigenvalue weighted by Gasteiger charge is 2.29. The van der Waals surface area contributed by atoms with E-state index in [-0.39, 0.29) is 23.4 Å². The minimum absolute atomic E-state index is 0.156. The minimum Gasteiger partial charge on any atom is -0.444 e. The van der Waals surface area contributed by atoms with Gasteiger partial charge in [0.05, 0.1) is 23.2 Å². The average Bonchev–Trinajstić information content (AvgIpc) is 3.31. The summed E-state index contributed by atoms with van der Waals surface area (Å²) < 4.78 is 33.1. The zero-order valence-corrected chi connectivity index (χ0v) is 21.9. The lowest BCUT2D eigenvalue weighted by Gasteiger charge is -2.33. The minimum atomic E-state index is -2.80. The molecule has 11 heteroatoms. The molecule has 202 valence electrons. The molecule has 1 aliphatic rings. The molecule has 3 N–H and O–H groups in total. The second-order valence-electron chi connectivity index (χ2n) is 10.7. The maximum absolute atomic E-state index is 13.8. The van der Waals surface area contributed by atoms with E-state index in [1.54, 1.807) is 18.3 Å². The van der Waals surface area contributed by atoms with Crippen LogP contribution in [0.15, 0.2) is 36.8 Å². The monoisotopic (exact) mass is 533 g/mol. The zero-order chi connectivity index (χ0) is 27.7. The summed E-state index contributed by atoms with van der Waals surface area (Å²) >= 11 is 0. The van der Waals surface area contributed by atoms with E-state index in [0.717, 1.165) is 42.1 Å². The normalized spacial score (nSPS) is 17.8. The Balaban J connectivity index is 1.51. The van der Waals surface area contributed by atoms with Crippen LogP contribution in [-0.4, -0.2) is 43.7 Å². The van der Waals surface area contributed by atoms with Gasteiger partial charge in [-0.3, -0.25) is 4.98 Å². The first kappa shape index (κ1) is 26.3. The summed E-state index contributed by atoms with van der Waals surface area (Å²) in [4.78, 5) is 28.6. The van der Waals surface area contributed by atoms with Crippen LogP contribution in [0.1, 0.15) is 64.1 Å². The number of aromatic amines is 1. The molecule has 1 aliphatic carbocycles. The smallest absolute Gasteiger partial charge is 0.407 e. The summed E-state index contributed by atoms with van der Waals surface area (Å²) in [5.74, 6) is 0.268. The lowest BCUT2D eigenvalue weighted by Crippen LogP contribution is -2.50. The number of ether oxygens (including phenoxy) is 1. The number of nitriles is 1. The van der Waals surface area contributed by atoms with Gasteiger partial charge in [-0.15, -0.1) is 0 Å². The third-order valence-electron chi connectivity index (χ3n) is 6.74. The molecule has 1 amide bonds. The molecule has 0 spiro atoms. The number of rotatable bonds is 5. The summed E-state index contributed by atoms with van der Waals surface area (Å²) in [5.41, 5.74) is 1.84. The maximum Gasteiger partial charge on any atom is 0.407 e. The van der Waals surface area contributed by atoms with E-state index < -0.39 is 23.8 Å². The lowest BCUT2D eigenvalue weighted by atomic mass is 9.90. The van der Waals surface area contributed by atoms with Gasteiger partial charge >= 0.3 is 6.09 Å². The van der Waals surface area contributed by atoms with Gasteiger partial charge in [0.2, 0.25) is 5.95 Å². The van der Waals surface area contributed by atoms with Gasteiger partial charge < -0.3 is 20.4 Å².